The first-order chi connectivity index (χ1) is 6.36. The molecule has 0 unspecified atom stereocenters. The quantitative estimate of drug-likeness (QED) is 0.682. The number of hydrogen-bond donors (Lipinski definition) is 2. The van der Waals surface area contributed by atoms with Gasteiger partial charge in [-0.25, -0.2) is 0 Å². The number of hydrogen-bond acceptors (Lipinski definition) is 6. The van der Waals surface area contributed by atoms with Crippen LogP contribution in [0.15, 0.2) is 6.20 Å². The highest BCUT2D eigenvalue weighted by atomic mass is 32.1. The van der Waals surface area contributed by atoms with Gasteiger partial charge in [0.15, 0.2) is 0 Å². The zero-order chi connectivity index (χ0) is 9.10. The van der Waals surface area contributed by atoms with Gasteiger partial charge < -0.3 is 15.2 Å². The maximum Gasteiger partial charge on any atom is 0.0948 e. The van der Waals surface area contributed by atoms with Crippen molar-refractivity contribution in [3.63, 3.8) is 0 Å². The summed E-state index contributed by atoms with van der Waals surface area (Å²) in [5, 5.41) is 16.3. The van der Waals surface area contributed by atoms with Gasteiger partial charge in [-0.3, -0.25) is 0 Å². The van der Waals surface area contributed by atoms with Crippen molar-refractivity contribution < 1.29 is 9.84 Å². The molecule has 1 fully saturated rings. The molecule has 0 spiro atoms. The topological polar surface area (TPSA) is 67.3 Å². The van der Waals surface area contributed by atoms with Crippen LogP contribution in [0, 0.1) is 0 Å². The molecule has 2 rings (SSSR count). The summed E-state index contributed by atoms with van der Waals surface area (Å²) in [6.45, 7) is 1.70. The van der Waals surface area contributed by atoms with E-state index in [-0.39, 0.29) is 12.1 Å². The van der Waals surface area contributed by atoms with Gasteiger partial charge in [-0.1, -0.05) is 4.49 Å². The Morgan fingerprint density at radius 2 is 2.62 bits per heavy atom. The first-order valence-electron chi connectivity index (χ1n) is 4.11. The number of rotatable bonds is 3. The number of aliphatic hydroxyl groups is 1. The minimum atomic E-state index is -0.388. The normalized spacial score (nSPS) is 28.1. The maximum atomic E-state index is 9.40. The van der Waals surface area contributed by atoms with Crippen LogP contribution in [0.4, 0.5) is 0 Å². The van der Waals surface area contributed by atoms with Crippen LogP contribution < -0.4 is 5.32 Å². The van der Waals surface area contributed by atoms with Gasteiger partial charge in [0.25, 0.3) is 0 Å². The number of nitrogens with one attached hydrogen (secondary N) is 1. The molecule has 5 nitrogen and oxygen atoms in total. The molecule has 1 aliphatic rings. The summed E-state index contributed by atoms with van der Waals surface area (Å²) in [6, 6.07) is 0.0436. The van der Waals surface area contributed by atoms with Crippen molar-refractivity contribution in [2.75, 3.05) is 13.2 Å². The van der Waals surface area contributed by atoms with Gasteiger partial charge in [-0.15, -0.1) is 5.10 Å². The fourth-order valence-electron chi connectivity index (χ4n) is 1.24. The maximum absolute atomic E-state index is 9.40. The van der Waals surface area contributed by atoms with E-state index in [4.69, 9.17) is 4.74 Å². The molecule has 72 valence electrons. The molecule has 1 aromatic heterocycles. The molecule has 1 aliphatic heterocycles. The Hall–Kier alpha value is -0.560. The van der Waals surface area contributed by atoms with Crippen LogP contribution in [0.25, 0.3) is 0 Å². The van der Waals surface area contributed by atoms with Crippen molar-refractivity contribution in [2.24, 2.45) is 0 Å². The Labute approximate surface area is 79.9 Å². The van der Waals surface area contributed by atoms with E-state index in [0.717, 1.165) is 4.88 Å². The second-order valence-corrected chi connectivity index (χ2v) is 3.85. The van der Waals surface area contributed by atoms with Crippen LogP contribution in [0.1, 0.15) is 4.88 Å². The fourth-order valence-corrected chi connectivity index (χ4v) is 1.68. The standard InChI is InChI=1S/C7H11N3O2S/c11-7-4-12-3-6(7)8-1-5-2-9-10-13-5/h2,6-8,11H,1,3-4H2/t6-,7-/m1/s1. The SMILES string of the molecule is O[C@@H]1COC[C@H]1NCc1cnns1. The van der Waals surface area contributed by atoms with Crippen LogP contribution in [-0.2, 0) is 11.3 Å². The van der Waals surface area contributed by atoms with Gasteiger partial charge in [-0.05, 0) is 11.5 Å². The predicted molar refractivity (Wildman–Crippen MR) is 47.4 cm³/mol. The molecule has 6 heteroatoms. The van der Waals surface area contributed by atoms with E-state index in [1.807, 2.05) is 0 Å². The second-order valence-electron chi connectivity index (χ2n) is 2.98. The summed E-state index contributed by atoms with van der Waals surface area (Å²) in [5.41, 5.74) is 0. The van der Waals surface area contributed by atoms with E-state index in [9.17, 15) is 5.11 Å². The van der Waals surface area contributed by atoms with Crippen LogP contribution in [0.2, 0.25) is 0 Å². The molecular formula is C7H11N3O2S. The Kier molecular flexibility index (Phi) is 2.84. The third-order valence-electron chi connectivity index (χ3n) is 2.00. The van der Waals surface area contributed by atoms with Gasteiger partial charge in [0.05, 0.1) is 36.4 Å². The van der Waals surface area contributed by atoms with Crippen molar-refractivity contribution in [3.8, 4) is 0 Å². The second kappa shape index (κ2) is 4.10. The molecular weight excluding hydrogens is 190 g/mol. The molecule has 13 heavy (non-hydrogen) atoms. The van der Waals surface area contributed by atoms with E-state index in [1.165, 1.54) is 11.5 Å². The summed E-state index contributed by atoms with van der Waals surface area (Å²) in [6.07, 6.45) is 1.33. The highest BCUT2D eigenvalue weighted by Gasteiger charge is 2.25. The highest BCUT2D eigenvalue weighted by molar-refractivity contribution is 7.05. The van der Waals surface area contributed by atoms with Crippen molar-refractivity contribution in [1.82, 2.24) is 14.9 Å². The van der Waals surface area contributed by atoms with Gasteiger partial charge >= 0.3 is 0 Å². The van der Waals surface area contributed by atoms with Crippen molar-refractivity contribution in [3.05, 3.63) is 11.1 Å². The zero-order valence-electron chi connectivity index (χ0n) is 7.01. The lowest BCUT2D eigenvalue weighted by molar-refractivity contribution is 0.122. The highest BCUT2D eigenvalue weighted by Crippen LogP contribution is 2.07. The van der Waals surface area contributed by atoms with E-state index in [1.54, 1.807) is 6.20 Å². The Bertz CT molecular complexity index is 254. The third-order valence-corrected chi connectivity index (χ3v) is 2.66. The molecule has 1 saturated heterocycles. The lowest BCUT2D eigenvalue weighted by atomic mass is 10.2. The van der Waals surface area contributed by atoms with Crippen LogP contribution in [0.5, 0.6) is 0 Å². The van der Waals surface area contributed by atoms with Crippen molar-refractivity contribution in [1.29, 1.82) is 0 Å². The minimum Gasteiger partial charge on any atom is -0.389 e. The minimum absolute atomic E-state index is 0.0436. The number of aliphatic hydroxyl groups excluding tert-OH is 1. The van der Waals surface area contributed by atoms with E-state index >= 15 is 0 Å². The average molecular weight is 201 g/mol. The number of nitrogens with zero attached hydrogens (tertiary/aromatic N) is 2. The molecule has 0 aliphatic carbocycles. The Morgan fingerprint density at radius 1 is 1.69 bits per heavy atom. The van der Waals surface area contributed by atoms with Gasteiger partial charge in [0.1, 0.15) is 0 Å². The molecule has 0 radical (unpaired) electrons. The first-order valence-corrected chi connectivity index (χ1v) is 4.89. The fraction of sp³-hybridized carbons (Fsp3) is 0.714. The molecule has 2 N–H and O–H groups in total. The number of aromatic nitrogens is 2. The van der Waals surface area contributed by atoms with Gasteiger partial charge in [0, 0.05) is 6.54 Å². The largest absolute Gasteiger partial charge is 0.389 e. The summed E-state index contributed by atoms with van der Waals surface area (Å²) in [5.74, 6) is 0. The molecule has 0 amide bonds. The van der Waals surface area contributed by atoms with E-state index in [2.05, 4.69) is 14.9 Å². The average Bonchev–Trinajstić information content (AvgIpc) is 2.72. The molecule has 0 aromatic carbocycles. The van der Waals surface area contributed by atoms with Crippen LogP contribution in [0.3, 0.4) is 0 Å². The number of ether oxygens (including phenoxy) is 1. The molecule has 0 bridgehead atoms. The summed E-state index contributed by atoms with van der Waals surface area (Å²) < 4.78 is 8.84. The lowest BCUT2D eigenvalue weighted by Gasteiger charge is -2.12. The summed E-state index contributed by atoms with van der Waals surface area (Å²) in [7, 11) is 0. The van der Waals surface area contributed by atoms with Crippen LogP contribution >= 0.6 is 11.5 Å². The Balaban J connectivity index is 1.79. The predicted octanol–water partition coefficient (Wildman–Crippen LogP) is -0.613. The summed E-state index contributed by atoms with van der Waals surface area (Å²) in [4.78, 5) is 1.07. The third kappa shape index (κ3) is 2.22. The molecule has 2 atom stereocenters. The lowest BCUT2D eigenvalue weighted by Crippen LogP contribution is -2.38. The van der Waals surface area contributed by atoms with Crippen molar-refractivity contribution >= 4 is 11.5 Å². The zero-order valence-corrected chi connectivity index (χ0v) is 7.83. The summed E-state index contributed by atoms with van der Waals surface area (Å²) >= 11 is 1.36. The first kappa shape index (κ1) is 9.01. The molecule has 0 saturated carbocycles. The molecule has 2 heterocycles. The van der Waals surface area contributed by atoms with E-state index in [0.29, 0.717) is 19.8 Å². The smallest absolute Gasteiger partial charge is 0.0948 e. The Morgan fingerprint density at radius 3 is 3.23 bits per heavy atom. The van der Waals surface area contributed by atoms with E-state index < -0.39 is 0 Å². The van der Waals surface area contributed by atoms with Crippen molar-refractivity contribution in [2.45, 2.75) is 18.7 Å². The molecule has 1 aromatic rings. The van der Waals surface area contributed by atoms with Gasteiger partial charge in [0.2, 0.25) is 0 Å². The monoisotopic (exact) mass is 201 g/mol. The van der Waals surface area contributed by atoms with Crippen LogP contribution in [-0.4, -0.2) is 40.1 Å². The van der Waals surface area contributed by atoms with Gasteiger partial charge in [-0.2, -0.15) is 0 Å².